The average molecular weight is 300 g/mol. The van der Waals surface area contributed by atoms with Gasteiger partial charge in [-0.2, -0.15) is 0 Å². The summed E-state index contributed by atoms with van der Waals surface area (Å²) in [6.45, 7) is 1.12. The first-order valence-electron chi connectivity index (χ1n) is 7.29. The summed E-state index contributed by atoms with van der Waals surface area (Å²) >= 11 is 12.3. The molecule has 0 amide bonds. The Morgan fingerprint density at radius 1 is 1.11 bits per heavy atom. The van der Waals surface area contributed by atoms with Crippen LogP contribution in [0.4, 0.5) is 0 Å². The van der Waals surface area contributed by atoms with Crippen LogP contribution < -0.4 is 5.32 Å². The first kappa shape index (κ1) is 15.2. The molecule has 2 rings (SSSR count). The SMILES string of the molecule is CNCC1CCCCCC1Cc1ccc(Cl)cc1Cl. The summed E-state index contributed by atoms with van der Waals surface area (Å²) in [7, 11) is 2.05. The number of nitrogens with one attached hydrogen (secondary N) is 1. The summed E-state index contributed by atoms with van der Waals surface area (Å²) in [4.78, 5) is 0. The van der Waals surface area contributed by atoms with Crippen molar-refractivity contribution in [3.63, 3.8) is 0 Å². The van der Waals surface area contributed by atoms with Gasteiger partial charge >= 0.3 is 0 Å². The lowest BCUT2D eigenvalue weighted by atomic mass is 9.83. The van der Waals surface area contributed by atoms with Crippen LogP contribution >= 0.6 is 23.2 Å². The van der Waals surface area contributed by atoms with Gasteiger partial charge in [0.2, 0.25) is 0 Å². The number of hydrogen-bond acceptors (Lipinski definition) is 1. The minimum absolute atomic E-state index is 0.724. The van der Waals surface area contributed by atoms with Crippen molar-refractivity contribution in [2.75, 3.05) is 13.6 Å². The Balaban J connectivity index is 2.09. The maximum Gasteiger partial charge on any atom is 0.0452 e. The third kappa shape index (κ3) is 4.37. The molecule has 1 fully saturated rings. The van der Waals surface area contributed by atoms with E-state index in [1.54, 1.807) is 0 Å². The van der Waals surface area contributed by atoms with Crippen LogP contribution in [0.2, 0.25) is 10.0 Å². The molecule has 0 heterocycles. The van der Waals surface area contributed by atoms with Gasteiger partial charge in [0, 0.05) is 10.0 Å². The molecular weight excluding hydrogens is 277 g/mol. The molecule has 2 unspecified atom stereocenters. The van der Waals surface area contributed by atoms with Crippen molar-refractivity contribution in [2.45, 2.75) is 38.5 Å². The van der Waals surface area contributed by atoms with Crippen LogP contribution in [-0.2, 0) is 6.42 Å². The Labute approximate surface area is 126 Å². The molecular formula is C16H23Cl2N. The first-order valence-corrected chi connectivity index (χ1v) is 8.05. The molecule has 0 bridgehead atoms. The summed E-state index contributed by atoms with van der Waals surface area (Å²) in [5.41, 5.74) is 1.25. The van der Waals surface area contributed by atoms with Crippen molar-refractivity contribution in [2.24, 2.45) is 11.8 Å². The van der Waals surface area contributed by atoms with Gasteiger partial charge in [0.15, 0.2) is 0 Å². The molecule has 1 aliphatic carbocycles. The van der Waals surface area contributed by atoms with E-state index in [0.29, 0.717) is 0 Å². The summed E-state index contributed by atoms with van der Waals surface area (Å²) < 4.78 is 0. The maximum absolute atomic E-state index is 6.31. The smallest absolute Gasteiger partial charge is 0.0452 e. The lowest BCUT2D eigenvalue weighted by Gasteiger charge is -2.25. The Morgan fingerprint density at radius 2 is 1.84 bits per heavy atom. The molecule has 0 aromatic heterocycles. The predicted molar refractivity (Wildman–Crippen MR) is 84.2 cm³/mol. The molecule has 0 spiro atoms. The van der Waals surface area contributed by atoms with Gasteiger partial charge in [-0.25, -0.2) is 0 Å². The monoisotopic (exact) mass is 299 g/mol. The fourth-order valence-electron chi connectivity index (χ4n) is 3.23. The molecule has 0 radical (unpaired) electrons. The fraction of sp³-hybridized carbons (Fsp3) is 0.625. The Bertz CT molecular complexity index is 406. The molecule has 0 saturated heterocycles. The van der Waals surface area contributed by atoms with Gasteiger partial charge in [-0.3, -0.25) is 0 Å². The van der Waals surface area contributed by atoms with E-state index in [1.807, 2.05) is 12.1 Å². The van der Waals surface area contributed by atoms with Crippen molar-refractivity contribution >= 4 is 23.2 Å². The number of rotatable bonds is 4. The highest BCUT2D eigenvalue weighted by Gasteiger charge is 2.24. The molecule has 1 aliphatic rings. The summed E-state index contributed by atoms with van der Waals surface area (Å²) in [6, 6.07) is 5.90. The highest BCUT2D eigenvalue weighted by atomic mass is 35.5. The zero-order valence-electron chi connectivity index (χ0n) is 11.6. The van der Waals surface area contributed by atoms with Crippen molar-refractivity contribution in [1.82, 2.24) is 5.32 Å². The van der Waals surface area contributed by atoms with Crippen LogP contribution in [0.25, 0.3) is 0 Å². The van der Waals surface area contributed by atoms with E-state index < -0.39 is 0 Å². The second-order valence-corrected chi connectivity index (χ2v) is 6.50. The van der Waals surface area contributed by atoms with Gasteiger partial charge in [0.1, 0.15) is 0 Å². The summed E-state index contributed by atoms with van der Waals surface area (Å²) in [5, 5.41) is 4.89. The quantitative estimate of drug-likeness (QED) is 0.776. The van der Waals surface area contributed by atoms with Crippen LogP contribution in [0, 0.1) is 11.8 Å². The summed E-state index contributed by atoms with van der Waals surface area (Å²) in [5.74, 6) is 1.52. The topological polar surface area (TPSA) is 12.0 Å². The van der Waals surface area contributed by atoms with Gasteiger partial charge in [0.05, 0.1) is 0 Å². The molecule has 19 heavy (non-hydrogen) atoms. The minimum atomic E-state index is 0.724. The Hall–Kier alpha value is -0.240. The molecule has 1 aromatic rings. The minimum Gasteiger partial charge on any atom is -0.319 e. The van der Waals surface area contributed by atoms with E-state index >= 15 is 0 Å². The zero-order valence-corrected chi connectivity index (χ0v) is 13.1. The maximum atomic E-state index is 6.31. The summed E-state index contributed by atoms with van der Waals surface area (Å²) in [6.07, 6.45) is 7.86. The second-order valence-electron chi connectivity index (χ2n) is 5.66. The lowest BCUT2D eigenvalue weighted by molar-refractivity contribution is 0.304. The van der Waals surface area contributed by atoms with Crippen molar-refractivity contribution in [1.29, 1.82) is 0 Å². The van der Waals surface area contributed by atoms with Crippen LogP contribution in [0.5, 0.6) is 0 Å². The van der Waals surface area contributed by atoms with E-state index in [-0.39, 0.29) is 0 Å². The average Bonchev–Trinajstić information content (AvgIpc) is 2.59. The zero-order chi connectivity index (χ0) is 13.7. The van der Waals surface area contributed by atoms with E-state index in [2.05, 4.69) is 18.4 Å². The lowest BCUT2D eigenvalue weighted by Crippen LogP contribution is -2.26. The third-order valence-corrected chi connectivity index (χ3v) is 4.87. The van der Waals surface area contributed by atoms with Crippen LogP contribution in [0.3, 0.4) is 0 Å². The highest BCUT2D eigenvalue weighted by molar-refractivity contribution is 6.35. The Morgan fingerprint density at radius 3 is 2.53 bits per heavy atom. The van der Waals surface area contributed by atoms with Gasteiger partial charge in [-0.15, -0.1) is 0 Å². The second kappa shape index (κ2) is 7.52. The van der Waals surface area contributed by atoms with Crippen molar-refractivity contribution in [3.05, 3.63) is 33.8 Å². The Kier molecular flexibility index (Phi) is 6.00. The van der Waals surface area contributed by atoms with Crippen LogP contribution in [0.1, 0.15) is 37.7 Å². The number of halogens is 2. The molecule has 106 valence electrons. The van der Waals surface area contributed by atoms with Crippen LogP contribution in [-0.4, -0.2) is 13.6 Å². The van der Waals surface area contributed by atoms with Crippen molar-refractivity contribution < 1.29 is 0 Å². The molecule has 3 heteroatoms. The van der Waals surface area contributed by atoms with Gasteiger partial charge < -0.3 is 5.32 Å². The molecule has 0 aliphatic heterocycles. The van der Waals surface area contributed by atoms with Gasteiger partial charge in [-0.05, 0) is 62.4 Å². The molecule has 1 aromatic carbocycles. The fourth-order valence-corrected chi connectivity index (χ4v) is 3.72. The normalized spacial score (nSPS) is 24.2. The number of hydrogen-bond donors (Lipinski definition) is 1. The van der Waals surface area contributed by atoms with Gasteiger partial charge in [-0.1, -0.05) is 48.5 Å². The number of benzene rings is 1. The van der Waals surface area contributed by atoms with E-state index in [9.17, 15) is 0 Å². The van der Waals surface area contributed by atoms with E-state index in [4.69, 9.17) is 23.2 Å². The van der Waals surface area contributed by atoms with Crippen LogP contribution in [0.15, 0.2) is 18.2 Å². The third-order valence-electron chi connectivity index (χ3n) is 4.28. The first-order chi connectivity index (χ1) is 9.20. The molecule has 1 N–H and O–H groups in total. The largest absolute Gasteiger partial charge is 0.319 e. The predicted octanol–water partition coefficient (Wildman–Crippen LogP) is 4.95. The molecule has 1 nitrogen and oxygen atoms in total. The van der Waals surface area contributed by atoms with E-state index in [1.165, 1.54) is 37.7 Å². The molecule has 1 saturated carbocycles. The van der Waals surface area contributed by atoms with Gasteiger partial charge in [0.25, 0.3) is 0 Å². The molecule has 2 atom stereocenters. The highest BCUT2D eigenvalue weighted by Crippen LogP contribution is 2.33. The van der Waals surface area contributed by atoms with Crippen molar-refractivity contribution in [3.8, 4) is 0 Å². The van der Waals surface area contributed by atoms with E-state index in [0.717, 1.165) is 34.8 Å². The standard InChI is InChI=1S/C16H23Cl2N/c1-19-11-14-6-4-2-3-5-12(14)9-13-7-8-15(17)10-16(13)18/h7-8,10,12,14,19H,2-6,9,11H2,1H3.